The lowest BCUT2D eigenvalue weighted by atomic mass is 10.0. The van der Waals surface area contributed by atoms with Gasteiger partial charge in [0.05, 0.1) is 0 Å². The Hall–Kier alpha value is -1.59. The molecular formula is C64H124O6. The molecule has 0 fully saturated rings. The summed E-state index contributed by atoms with van der Waals surface area (Å²) in [5.74, 6) is -0.841. The molecule has 0 saturated carbocycles. The predicted octanol–water partition coefficient (Wildman–Crippen LogP) is 21.5. The van der Waals surface area contributed by atoms with Crippen molar-refractivity contribution < 1.29 is 28.6 Å². The minimum atomic E-state index is -0.760. The predicted molar refractivity (Wildman–Crippen MR) is 303 cm³/mol. The summed E-state index contributed by atoms with van der Waals surface area (Å²) in [7, 11) is 0. The average Bonchev–Trinajstić information content (AvgIpc) is 3.36. The third-order valence-corrected chi connectivity index (χ3v) is 14.9. The molecule has 6 nitrogen and oxygen atoms in total. The van der Waals surface area contributed by atoms with Crippen LogP contribution >= 0.6 is 0 Å². The molecule has 0 aromatic heterocycles. The fourth-order valence-corrected chi connectivity index (χ4v) is 10.0. The molecule has 0 saturated heterocycles. The van der Waals surface area contributed by atoms with E-state index in [0.29, 0.717) is 19.3 Å². The van der Waals surface area contributed by atoms with Gasteiger partial charge in [-0.15, -0.1) is 0 Å². The van der Waals surface area contributed by atoms with Gasteiger partial charge in [0.15, 0.2) is 6.10 Å². The van der Waals surface area contributed by atoms with E-state index in [9.17, 15) is 14.4 Å². The van der Waals surface area contributed by atoms with Gasteiger partial charge in [0.2, 0.25) is 0 Å². The number of esters is 3. The van der Waals surface area contributed by atoms with Crippen LogP contribution in [0, 0.1) is 0 Å². The second-order valence-corrected chi connectivity index (χ2v) is 22.1. The van der Waals surface area contributed by atoms with Crippen LogP contribution in [0.2, 0.25) is 0 Å². The standard InChI is InChI=1S/C64H124O6/c1-4-7-10-13-16-18-20-22-24-26-28-30-32-33-35-36-38-40-42-44-46-48-51-54-57-63(66)69-60-61(59-68-62(65)56-53-50-15-12-9-6-3)70-64(67)58-55-52-49-47-45-43-41-39-37-34-31-29-27-25-23-21-19-17-14-11-8-5-2/h61H,4-60H2,1-3H3. The normalized spacial score (nSPS) is 11.9. The van der Waals surface area contributed by atoms with E-state index in [4.69, 9.17) is 14.2 Å². The van der Waals surface area contributed by atoms with Crippen LogP contribution in [-0.2, 0) is 28.6 Å². The third-order valence-electron chi connectivity index (χ3n) is 14.9. The second-order valence-electron chi connectivity index (χ2n) is 22.1. The van der Waals surface area contributed by atoms with Crippen molar-refractivity contribution in [1.29, 1.82) is 0 Å². The van der Waals surface area contributed by atoms with Gasteiger partial charge in [0.25, 0.3) is 0 Å². The van der Waals surface area contributed by atoms with Crippen LogP contribution in [0.4, 0.5) is 0 Å². The quantitative estimate of drug-likeness (QED) is 0.0343. The fraction of sp³-hybridized carbons (Fsp3) is 0.953. The topological polar surface area (TPSA) is 78.9 Å². The Bertz CT molecular complexity index is 1040. The highest BCUT2D eigenvalue weighted by Crippen LogP contribution is 2.19. The van der Waals surface area contributed by atoms with E-state index in [1.165, 1.54) is 276 Å². The van der Waals surface area contributed by atoms with E-state index < -0.39 is 6.10 Å². The highest BCUT2D eigenvalue weighted by Gasteiger charge is 2.19. The van der Waals surface area contributed by atoms with Crippen molar-refractivity contribution in [2.24, 2.45) is 0 Å². The van der Waals surface area contributed by atoms with Gasteiger partial charge in [0.1, 0.15) is 13.2 Å². The first kappa shape index (κ1) is 68.4. The van der Waals surface area contributed by atoms with Crippen LogP contribution in [0.15, 0.2) is 0 Å². The lowest BCUT2D eigenvalue weighted by molar-refractivity contribution is -0.167. The summed E-state index contributed by atoms with van der Waals surface area (Å²) in [5.41, 5.74) is 0. The van der Waals surface area contributed by atoms with Gasteiger partial charge in [0, 0.05) is 19.3 Å². The second kappa shape index (κ2) is 60.0. The summed E-state index contributed by atoms with van der Waals surface area (Å²) >= 11 is 0. The van der Waals surface area contributed by atoms with E-state index in [1.54, 1.807) is 0 Å². The van der Waals surface area contributed by atoms with Crippen molar-refractivity contribution in [1.82, 2.24) is 0 Å². The number of unbranched alkanes of at least 4 members (excludes halogenated alkanes) is 49. The van der Waals surface area contributed by atoms with E-state index in [1.807, 2.05) is 0 Å². The Kier molecular flexibility index (Phi) is 58.6. The molecule has 0 amide bonds. The minimum Gasteiger partial charge on any atom is -0.462 e. The number of ether oxygens (including phenoxy) is 3. The molecule has 0 radical (unpaired) electrons. The molecule has 0 N–H and O–H groups in total. The van der Waals surface area contributed by atoms with E-state index in [-0.39, 0.29) is 31.1 Å². The van der Waals surface area contributed by atoms with Gasteiger partial charge < -0.3 is 14.2 Å². The van der Waals surface area contributed by atoms with E-state index in [0.717, 1.165) is 57.8 Å². The lowest BCUT2D eigenvalue weighted by Crippen LogP contribution is -2.30. The van der Waals surface area contributed by atoms with Gasteiger partial charge in [-0.3, -0.25) is 14.4 Å². The largest absolute Gasteiger partial charge is 0.462 e. The minimum absolute atomic E-state index is 0.0619. The van der Waals surface area contributed by atoms with Gasteiger partial charge in [-0.25, -0.2) is 0 Å². The van der Waals surface area contributed by atoms with Crippen molar-refractivity contribution in [2.75, 3.05) is 13.2 Å². The zero-order valence-electron chi connectivity index (χ0n) is 47.8. The zero-order chi connectivity index (χ0) is 50.7. The van der Waals surface area contributed by atoms with Crippen molar-refractivity contribution in [3.05, 3.63) is 0 Å². The Morgan fingerprint density at radius 3 is 0.571 bits per heavy atom. The Morgan fingerprint density at radius 2 is 0.386 bits per heavy atom. The van der Waals surface area contributed by atoms with Crippen LogP contribution in [-0.4, -0.2) is 37.2 Å². The first-order valence-corrected chi connectivity index (χ1v) is 32.0. The van der Waals surface area contributed by atoms with Gasteiger partial charge in [-0.1, -0.05) is 335 Å². The van der Waals surface area contributed by atoms with Crippen molar-refractivity contribution >= 4 is 17.9 Å². The van der Waals surface area contributed by atoms with Crippen LogP contribution in [0.25, 0.3) is 0 Å². The molecule has 6 heteroatoms. The molecule has 70 heavy (non-hydrogen) atoms. The number of hydrogen-bond donors (Lipinski definition) is 0. The third kappa shape index (κ3) is 57.3. The molecule has 0 aliphatic carbocycles. The van der Waals surface area contributed by atoms with E-state index in [2.05, 4.69) is 20.8 Å². The molecule has 0 aromatic carbocycles. The lowest BCUT2D eigenvalue weighted by Gasteiger charge is -2.18. The van der Waals surface area contributed by atoms with Crippen molar-refractivity contribution in [3.63, 3.8) is 0 Å². The molecule has 416 valence electrons. The molecule has 0 aliphatic rings. The summed E-state index contributed by atoms with van der Waals surface area (Å²) in [6.45, 7) is 6.66. The van der Waals surface area contributed by atoms with Gasteiger partial charge in [-0.2, -0.15) is 0 Å². The maximum Gasteiger partial charge on any atom is 0.306 e. The van der Waals surface area contributed by atoms with Crippen LogP contribution in [0.3, 0.4) is 0 Å². The summed E-state index contributed by atoms with van der Waals surface area (Å²) in [6.07, 6.45) is 68.7. The zero-order valence-corrected chi connectivity index (χ0v) is 47.8. The number of rotatable bonds is 60. The maximum atomic E-state index is 12.8. The molecule has 0 rings (SSSR count). The number of carbonyl (C=O) groups is 3. The first-order valence-electron chi connectivity index (χ1n) is 32.0. The summed E-state index contributed by atoms with van der Waals surface area (Å²) in [4.78, 5) is 38.0. The average molecular weight is 990 g/mol. The molecule has 0 heterocycles. The van der Waals surface area contributed by atoms with Gasteiger partial charge >= 0.3 is 17.9 Å². The Labute approximate surface area is 438 Å². The van der Waals surface area contributed by atoms with Crippen molar-refractivity contribution in [2.45, 2.75) is 380 Å². The molecule has 0 aliphatic heterocycles. The molecule has 0 aromatic rings. The highest BCUT2D eigenvalue weighted by molar-refractivity contribution is 5.71. The fourth-order valence-electron chi connectivity index (χ4n) is 10.0. The monoisotopic (exact) mass is 989 g/mol. The van der Waals surface area contributed by atoms with E-state index >= 15 is 0 Å². The number of hydrogen-bond acceptors (Lipinski definition) is 6. The Balaban J connectivity index is 4.00. The first-order chi connectivity index (χ1) is 34.5. The SMILES string of the molecule is CCCCCCCCCCCCCCCCCCCCCCCCCCC(=O)OCC(COC(=O)CCCCCCCC)OC(=O)CCCCCCCCCCCCCCCCCCCCCCCC. The molecule has 0 spiro atoms. The van der Waals surface area contributed by atoms with Gasteiger partial charge in [-0.05, 0) is 19.3 Å². The highest BCUT2D eigenvalue weighted by atomic mass is 16.6. The Morgan fingerprint density at radius 1 is 0.229 bits per heavy atom. The van der Waals surface area contributed by atoms with Crippen LogP contribution in [0.5, 0.6) is 0 Å². The summed E-state index contributed by atoms with van der Waals surface area (Å²) in [6, 6.07) is 0. The summed E-state index contributed by atoms with van der Waals surface area (Å²) in [5, 5.41) is 0. The number of carbonyl (C=O) groups excluding carboxylic acids is 3. The maximum absolute atomic E-state index is 12.8. The van der Waals surface area contributed by atoms with Crippen LogP contribution in [0.1, 0.15) is 374 Å². The molecular weight excluding hydrogens is 865 g/mol. The summed E-state index contributed by atoms with van der Waals surface area (Å²) < 4.78 is 16.8. The molecule has 0 bridgehead atoms. The molecule has 1 unspecified atom stereocenters. The smallest absolute Gasteiger partial charge is 0.306 e. The van der Waals surface area contributed by atoms with Crippen LogP contribution < -0.4 is 0 Å². The molecule has 1 atom stereocenters. The van der Waals surface area contributed by atoms with Crippen molar-refractivity contribution in [3.8, 4) is 0 Å².